The molecule has 1 N–H and O–H groups in total. The van der Waals surface area contributed by atoms with Crippen molar-refractivity contribution in [3.8, 4) is 10.7 Å². The molecule has 0 spiro atoms. The third kappa shape index (κ3) is 5.17. The van der Waals surface area contributed by atoms with Crippen molar-refractivity contribution >= 4 is 23.2 Å². The predicted octanol–water partition coefficient (Wildman–Crippen LogP) is 2.44. The Bertz CT molecular complexity index is 639. The van der Waals surface area contributed by atoms with Gasteiger partial charge in [0.15, 0.2) is 0 Å². The maximum atomic E-state index is 12.0. The van der Waals surface area contributed by atoms with Gasteiger partial charge in [0, 0.05) is 25.9 Å². The second-order valence-corrected chi connectivity index (χ2v) is 5.91. The van der Waals surface area contributed by atoms with Crippen LogP contribution in [-0.4, -0.2) is 45.1 Å². The average Bonchev–Trinajstić information content (AvgIpc) is 3.18. The number of carbonyl (C=O) groups is 2. The summed E-state index contributed by atoms with van der Waals surface area (Å²) in [7, 11) is 0. The van der Waals surface area contributed by atoms with Gasteiger partial charge in [0.25, 0.3) is 0 Å². The fourth-order valence-electron chi connectivity index (χ4n) is 2.10. The molecule has 0 aliphatic carbocycles. The first-order valence-electron chi connectivity index (χ1n) is 7.46. The van der Waals surface area contributed by atoms with Crippen molar-refractivity contribution < 1.29 is 19.2 Å². The number of hydrogen-bond donors (Lipinski definition) is 1. The minimum Gasteiger partial charge on any atom is -0.481 e. The van der Waals surface area contributed by atoms with Crippen LogP contribution in [0.1, 0.15) is 32.1 Å². The molecule has 0 unspecified atom stereocenters. The Balaban J connectivity index is 1.77. The Kier molecular flexibility index (Phi) is 6.28. The standard InChI is InChI=1S/C15H19N3O4S/c1-2-18(9-8-14(20)21)13(19)7-3-6-12-16-15(17-22-12)11-5-4-10-23-11/h4-5,10H,2-3,6-9H2,1H3,(H,20,21). The van der Waals surface area contributed by atoms with E-state index in [0.29, 0.717) is 37.5 Å². The van der Waals surface area contributed by atoms with Crippen LogP contribution in [0.4, 0.5) is 0 Å². The van der Waals surface area contributed by atoms with Gasteiger partial charge in [-0.05, 0) is 24.8 Å². The maximum absolute atomic E-state index is 12.0. The minimum absolute atomic E-state index is 0.0343. The summed E-state index contributed by atoms with van der Waals surface area (Å²) in [5.41, 5.74) is 0. The van der Waals surface area contributed by atoms with Crippen molar-refractivity contribution in [2.24, 2.45) is 0 Å². The molecule has 0 radical (unpaired) electrons. The third-order valence-electron chi connectivity index (χ3n) is 3.32. The van der Waals surface area contributed by atoms with Crippen molar-refractivity contribution in [2.45, 2.75) is 32.6 Å². The van der Waals surface area contributed by atoms with E-state index in [1.165, 1.54) is 11.3 Å². The topological polar surface area (TPSA) is 96.5 Å². The summed E-state index contributed by atoms with van der Waals surface area (Å²) < 4.78 is 5.18. The first kappa shape index (κ1) is 17.1. The van der Waals surface area contributed by atoms with Crippen molar-refractivity contribution in [2.75, 3.05) is 13.1 Å². The molecule has 8 heteroatoms. The molecule has 1 amide bonds. The molecule has 0 bridgehead atoms. The number of aryl methyl sites for hydroxylation is 1. The summed E-state index contributed by atoms with van der Waals surface area (Å²) in [6.07, 6.45) is 1.42. The monoisotopic (exact) mass is 337 g/mol. The second kappa shape index (κ2) is 8.42. The molecule has 0 saturated carbocycles. The van der Waals surface area contributed by atoms with Gasteiger partial charge < -0.3 is 14.5 Å². The number of aromatic nitrogens is 2. The maximum Gasteiger partial charge on any atom is 0.305 e. The highest BCUT2D eigenvalue weighted by Crippen LogP contribution is 2.21. The largest absolute Gasteiger partial charge is 0.481 e. The lowest BCUT2D eigenvalue weighted by atomic mass is 10.2. The molecule has 2 aromatic rings. The van der Waals surface area contributed by atoms with E-state index in [9.17, 15) is 9.59 Å². The van der Waals surface area contributed by atoms with Crippen molar-refractivity contribution in [3.05, 3.63) is 23.4 Å². The average molecular weight is 337 g/mol. The molecule has 0 fully saturated rings. The summed E-state index contributed by atoms with van der Waals surface area (Å²) in [6, 6.07) is 3.84. The molecule has 2 rings (SSSR count). The van der Waals surface area contributed by atoms with Gasteiger partial charge in [0.1, 0.15) is 0 Å². The molecule has 2 heterocycles. The summed E-state index contributed by atoms with van der Waals surface area (Å²) in [5.74, 6) is 0.128. The molecule has 23 heavy (non-hydrogen) atoms. The number of hydrogen-bond acceptors (Lipinski definition) is 6. The highest BCUT2D eigenvalue weighted by Gasteiger charge is 2.14. The molecule has 0 aromatic carbocycles. The number of carboxylic acids is 1. The summed E-state index contributed by atoms with van der Waals surface area (Å²) in [4.78, 5) is 29.4. The van der Waals surface area contributed by atoms with Crippen LogP contribution in [0.2, 0.25) is 0 Å². The molecule has 0 saturated heterocycles. The number of nitrogens with zero attached hydrogens (tertiary/aromatic N) is 3. The Hall–Kier alpha value is -2.22. The zero-order valence-electron chi connectivity index (χ0n) is 12.9. The SMILES string of the molecule is CCN(CCC(=O)O)C(=O)CCCc1nc(-c2cccs2)no1. The van der Waals surface area contributed by atoms with E-state index in [0.717, 1.165) is 4.88 Å². The summed E-state index contributed by atoms with van der Waals surface area (Å²) >= 11 is 1.54. The van der Waals surface area contributed by atoms with Crippen LogP contribution in [0.5, 0.6) is 0 Å². The highest BCUT2D eigenvalue weighted by atomic mass is 32.1. The highest BCUT2D eigenvalue weighted by molar-refractivity contribution is 7.13. The smallest absolute Gasteiger partial charge is 0.305 e. The number of carboxylic acid groups (broad SMARTS) is 1. The van der Waals surface area contributed by atoms with E-state index >= 15 is 0 Å². The fraction of sp³-hybridized carbons (Fsp3) is 0.467. The van der Waals surface area contributed by atoms with Gasteiger partial charge in [-0.1, -0.05) is 11.2 Å². The van der Waals surface area contributed by atoms with Gasteiger partial charge >= 0.3 is 5.97 Å². The fourth-order valence-corrected chi connectivity index (χ4v) is 2.75. The number of amides is 1. The first-order valence-corrected chi connectivity index (χ1v) is 8.34. The Morgan fingerprint density at radius 2 is 2.22 bits per heavy atom. The predicted molar refractivity (Wildman–Crippen MR) is 85.1 cm³/mol. The van der Waals surface area contributed by atoms with Gasteiger partial charge in [-0.2, -0.15) is 4.98 Å². The molecule has 2 aromatic heterocycles. The van der Waals surface area contributed by atoms with Crippen LogP contribution in [0, 0.1) is 0 Å². The summed E-state index contributed by atoms with van der Waals surface area (Å²) in [5, 5.41) is 14.5. The van der Waals surface area contributed by atoms with Crippen LogP contribution >= 0.6 is 11.3 Å². The van der Waals surface area contributed by atoms with Gasteiger partial charge in [0.05, 0.1) is 11.3 Å². The van der Waals surface area contributed by atoms with E-state index in [-0.39, 0.29) is 18.9 Å². The lowest BCUT2D eigenvalue weighted by Crippen LogP contribution is -2.32. The zero-order valence-corrected chi connectivity index (χ0v) is 13.7. The summed E-state index contributed by atoms with van der Waals surface area (Å²) in [6.45, 7) is 2.59. The van der Waals surface area contributed by atoms with Crippen molar-refractivity contribution in [3.63, 3.8) is 0 Å². The van der Waals surface area contributed by atoms with E-state index in [1.807, 2.05) is 24.4 Å². The van der Waals surface area contributed by atoms with E-state index in [4.69, 9.17) is 9.63 Å². The lowest BCUT2D eigenvalue weighted by molar-refractivity contribution is -0.138. The minimum atomic E-state index is -0.900. The number of aliphatic carboxylic acids is 1. The van der Waals surface area contributed by atoms with Crippen molar-refractivity contribution in [1.82, 2.24) is 15.0 Å². The first-order chi connectivity index (χ1) is 11.1. The van der Waals surface area contributed by atoms with Crippen LogP contribution < -0.4 is 0 Å². The molecular formula is C15H19N3O4S. The second-order valence-electron chi connectivity index (χ2n) is 4.96. The third-order valence-corrected chi connectivity index (χ3v) is 4.19. The Morgan fingerprint density at radius 3 is 2.87 bits per heavy atom. The lowest BCUT2D eigenvalue weighted by Gasteiger charge is -2.19. The number of thiophene rings is 1. The zero-order chi connectivity index (χ0) is 16.7. The Morgan fingerprint density at radius 1 is 1.39 bits per heavy atom. The van der Waals surface area contributed by atoms with Crippen LogP contribution in [-0.2, 0) is 16.0 Å². The van der Waals surface area contributed by atoms with Gasteiger partial charge in [0.2, 0.25) is 17.6 Å². The van der Waals surface area contributed by atoms with Gasteiger partial charge in [-0.15, -0.1) is 11.3 Å². The van der Waals surface area contributed by atoms with Crippen LogP contribution in [0.15, 0.2) is 22.0 Å². The molecule has 0 atom stereocenters. The molecule has 0 aliphatic rings. The van der Waals surface area contributed by atoms with Gasteiger partial charge in [-0.3, -0.25) is 9.59 Å². The Labute approximate surface area is 137 Å². The normalized spacial score (nSPS) is 10.7. The quantitative estimate of drug-likeness (QED) is 0.755. The van der Waals surface area contributed by atoms with Gasteiger partial charge in [-0.25, -0.2) is 0 Å². The van der Waals surface area contributed by atoms with E-state index < -0.39 is 5.97 Å². The van der Waals surface area contributed by atoms with E-state index in [2.05, 4.69) is 10.1 Å². The van der Waals surface area contributed by atoms with Crippen LogP contribution in [0.25, 0.3) is 10.7 Å². The number of rotatable bonds is 9. The molecule has 7 nitrogen and oxygen atoms in total. The van der Waals surface area contributed by atoms with E-state index in [1.54, 1.807) is 4.90 Å². The molecule has 124 valence electrons. The molecule has 0 aliphatic heterocycles. The van der Waals surface area contributed by atoms with Crippen LogP contribution in [0.3, 0.4) is 0 Å². The van der Waals surface area contributed by atoms with Crippen molar-refractivity contribution in [1.29, 1.82) is 0 Å². The molecular weight excluding hydrogens is 318 g/mol. The number of carbonyl (C=O) groups excluding carboxylic acids is 1.